The SMILES string of the molecule is N#C/C(=C/c1ccc(-c2ccc(-c3ccc(Nc4ccccc4)cc3)s2)cc1)C(=O)O. The molecule has 0 fully saturated rings. The first kappa shape index (κ1) is 20.1. The highest BCUT2D eigenvalue weighted by Gasteiger charge is 2.08. The van der Waals surface area contributed by atoms with Crippen molar-refractivity contribution in [2.45, 2.75) is 0 Å². The second-order valence-electron chi connectivity index (χ2n) is 6.83. The minimum atomic E-state index is -1.22. The summed E-state index contributed by atoms with van der Waals surface area (Å²) in [5.74, 6) is -1.22. The van der Waals surface area contributed by atoms with Crippen molar-refractivity contribution in [2.24, 2.45) is 0 Å². The number of nitrogens with zero attached hydrogens (tertiary/aromatic N) is 1. The molecule has 4 rings (SSSR count). The summed E-state index contributed by atoms with van der Waals surface area (Å²) in [5.41, 5.74) is 4.68. The summed E-state index contributed by atoms with van der Waals surface area (Å²) in [6.07, 6.45) is 1.37. The van der Waals surface area contributed by atoms with Crippen molar-refractivity contribution in [1.29, 1.82) is 5.26 Å². The molecule has 0 aliphatic carbocycles. The lowest BCUT2D eigenvalue weighted by Crippen LogP contribution is -1.97. The number of aliphatic carboxylic acids is 1. The van der Waals surface area contributed by atoms with Gasteiger partial charge in [-0.1, -0.05) is 54.6 Å². The average molecular weight is 423 g/mol. The van der Waals surface area contributed by atoms with Crippen LogP contribution in [0.15, 0.2) is 96.6 Å². The summed E-state index contributed by atoms with van der Waals surface area (Å²) in [6, 6.07) is 31.8. The Morgan fingerprint density at radius 2 is 1.35 bits per heavy atom. The number of benzene rings is 3. The van der Waals surface area contributed by atoms with Crippen LogP contribution >= 0.6 is 11.3 Å². The van der Waals surface area contributed by atoms with Crippen LogP contribution in [0.1, 0.15) is 5.56 Å². The molecule has 150 valence electrons. The van der Waals surface area contributed by atoms with Crippen LogP contribution in [0.2, 0.25) is 0 Å². The van der Waals surface area contributed by atoms with Gasteiger partial charge in [-0.3, -0.25) is 0 Å². The predicted octanol–water partition coefficient (Wildman–Crippen LogP) is 6.82. The van der Waals surface area contributed by atoms with E-state index >= 15 is 0 Å². The maximum absolute atomic E-state index is 11.0. The molecule has 4 nitrogen and oxygen atoms in total. The number of thiophene rings is 1. The van der Waals surface area contributed by atoms with E-state index in [0.717, 1.165) is 27.4 Å². The molecule has 1 aromatic heterocycles. The predicted molar refractivity (Wildman–Crippen MR) is 126 cm³/mol. The molecule has 0 atom stereocenters. The number of carbonyl (C=O) groups is 1. The van der Waals surface area contributed by atoms with Crippen molar-refractivity contribution in [2.75, 3.05) is 5.32 Å². The Morgan fingerprint density at radius 1 is 0.806 bits per heavy atom. The quantitative estimate of drug-likeness (QED) is 0.264. The molecular weight excluding hydrogens is 404 g/mol. The van der Waals surface area contributed by atoms with Gasteiger partial charge in [-0.15, -0.1) is 11.3 Å². The highest BCUT2D eigenvalue weighted by molar-refractivity contribution is 7.18. The van der Waals surface area contributed by atoms with Crippen LogP contribution in [0, 0.1) is 11.3 Å². The second-order valence-corrected chi connectivity index (χ2v) is 7.91. The summed E-state index contributed by atoms with van der Waals surface area (Å²) >= 11 is 1.70. The summed E-state index contributed by atoms with van der Waals surface area (Å²) < 4.78 is 0. The Hall–Kier alpha value is -4.14. The van der Waals surface area contributed by atoms with Crippen molar-refractivity contribution in [3.8, 4) is 27.0 Å². The molecule has 0 radical (unpaired) electrons. The topological polar surface area (TPSA) is 73.1 Å². The van der Waals surface area contributed by atoms with E-state index in [1.54, 1.807) is 17.4 Å². The standard InChI is InChI=1S/C26H18N2O2S/c27-17-21(26(29)30)16-18-6-8-19(9-7-18)24-14-15-25(31-24)20-10-12-23(13-11-20)28-22-4-2-1-3-5-22/h1-16,28H,(H,29,30)/b21-16-. The van der Waals surface area contributed by atoms with Gasteiger partial charge >= 0.3 is 5.97 Å². The van der Waals surface area contributed by atoms with Crippen LogP contribution in [-0.4, -0.2) is 11.1 Å². The van der Waals surface area contributed by atoms with E-state index < -0.39 is 5.97 Å². The molecule has 0 bridgehead atoms. The lowest BCUT2D eigenvalue weighted by molar-refractivity contribution is -0.132. The molecular formula is C26H18N2O2S. The molecule has 0 saturated heterocycles. The highest BCUT2D eigenvalue weighted by atomic mass is 32.1. The Labute approximate surface area is 184 Å². The summed E-state index contributed by atoms with van der Waals surface area (Å²) in [5, 5.41) is 21.3. The number of hydrogen-bond acceptors (Lipinski definition) is 4. The third-order valence-corrected chi connectivity index (χ3v) is 5.88. The number of nitriles is 1. The zero-order chi connectivity index (χ0) is 21.6. The first-order valence-corrected chi connectivity index (χ1v) is 10.4. The molecule has 2 N–H and O–H groups in total. The van der Waals surface area contributed by atoms with Crippen LogP contribution in [-0.2, 0) is 4.79 Å². The number of anilines is 2. The molecule has 0 spiro atoms. The molecule has 0 unspecified atom stereocenters. The van der Waals surface area contributed by atoms with Crippen molar-refractivity contribution < 1.29 is 9.90 Å². The van der Waals surface area contributed by atoms with Crippen molar-refractivity contribution in [3.63, 3.8) is 0 Å². The second kappa shape index (κ2) is 9.12. The fraction of sp³-hybridized carbons (Fsp3) is 0. The minimum absolute atomic E-state index is 0.281. The van der Waals surface area contributed by atoms with E-state index in [4.69, 9.17) is 10.4 Å². The first-order chi connectivity index (χ1) is 15.1. The third-order valence-electron chi connectivity index (χ3n) is 4.69. The maximum atomic E-state index is 11.0. The van der Waals surface area contributed by atoms with Crippen LogP contribution in [0.25, 0.3) is 27.0 Å². The molecule has 0 saturated carbocycles. The van der Waals surface area contributed by atoms with Gasteiger partial charge in [0.25, 0.3) is 0 Å². The lowest BCUT2D eigenvalue weighted by Gasteiger charge is -2.06. The van der Waals surface area contributed by atoms with Crippen LogP contribution in [0.5, 0.6) is 0 Å². The fourth-order valence-corrected chi connectivity index (χ4v) is 4.12. The van der Waals surface area contributed by atoms with Crippen LogP contribution in [0.4, 0.5) is 11.4 Å². The first-order valence-electron chi connectivity index (χ1n) is 9.60. The smallest absolute Gasteiger partial charge is 0.346 e. The number of carboxylic acids is 1. The van der Waals surface area contributed by atoms with Gasteiger partial charge in [0.15, 0.2) is 0 Å². The van der Waals surface area contributed by atoms with Crippen molar-refractivity contribution in [1.82, 2.24) is 0 Å². The zero-order valence-corrected chi connectivity index (χ0v) is 17.3. The normalized spacial score (nSPS) is 11.0. The van der Waals surface area contributed by atoms with E-state index in [-0.39, 0.29) is 5.57 Å². The zero-order valence-electron chi connectivity index (χ0n) is 16.4. The van der Waals surface area contributed by atoms with Gasteiger partial charge in [0.05, 0.1) is 0 Å². The van der Waals surface area contributed by atoms with E-state index in [9.17, 15) is 4.79 Å². The van der Waals surface area contributed by atoms with E-state index in [0.29, 0.717) is 5.56 Å². The Morgan fingerprint density at radius 3 is 1.90 bits per heavy atom. The Balaban J connectivity index is 1.49. The number of hydrogen-bond donors (Lipinski definition) is 2. The molecule has 5 heteroatoms. The molecule has 0 amide bonds. The van der Waals surface area contributed by atoms with Crippen molar-refractivity contribution >= 4 is 34.8 Å². The summed E-state index contributed by atoms with van der Waals surface area (Å²) in [4.78, 5) is 13.3. The van der Waals surface area contributed by atoms with Gasteiger partial charge in [-0.2, -0.15) is 5.26 Å². The summed E-state index contributed by atoms with van der Waals surface area (Å²) in [6.45, 7) is 0. The maximum Gasteiger partial charge on any atom is 0.346 e. The molecule has 0 aliphatic rings. The van der Waals surface area contributed by atoms with E-state index in [1.807, 2.05) is 54.6 Å². The number of nitrogens with one attached hydrogen (secondary N) is 1. The Bertz CT molecular complexity index is 1270. The monoisotopic (exact) mass is 422 g/mol. The summed E-state index contributed by atoms with van der Waals surface area (Å²) in [7, 11) is 0. The third kappa shape index (κ3) is 4.89. The molecule has 0 aliphatic heterocycles. The largest absolute Gasteiger partial charge is 0.477 e. The van der Waals surface area contributed by atoms with Crippen LogP contribution < -0.4 is 5.32 Å². The van der Waals surface area contributed by atoms with E-state index in [1.165, 1.54) is 11.0 Å². The number of para-hydroxylation sites is 1. The molecule has 1 heterocycles. The Kier molecular flexibility index (Phi) is 5.93. The van der Waals surface area contributed by atoms with E-state index in [2.05, 4.69) is 41.7 Å². The number of carboxylic acid groups (broad SMARTS) is 1. The van der Waals surface area contributed by atoms with Crippen molar-refractivity contribution in [3.05, 3.63) is 102 Å². The minimum Gasteiger partial charge on any atom is -0.477 e. The molecule has 4 aromatic rings. The van der Waals surface area contributed by atoms with Crippen LogP contribution in [0.3, 0.4) is 0 Å². The lowest BCUT2D eigenvalue weighted by atomic mass is 10.1. The molecule has 31 heavy (non-hydrogen) atoms. The fourth-order valence-electron chi connectivity index (χ4n) is 3.11. The average Bonchev–Trinajstić information content (AvgIpc) is 3.29. The number of rotatable bonds is 6. The van der Waals surface area contributed by atoms with Gasteiger partial charge in [-0.05, 0) is 59.2 Å². The van der Waals surface area contributed by atoms with Gasteiger partial charge in [0.1, 0.15) is 11.6 Å². The van der Waals surface area contributed by atoms with Gasteiger partial charge in [0.2, 0.25) is 0 Å². The molecule has 3 aromatic carbocycles. The van der Waals surface area contributed by atoms with Gasteiger partial charge in [0, 0.05) is 21.1 Å². The highest BCUT2D eigenvalue weighted by Crippen LogP contribution is 2.35. The van der Waals surface area contributed by atoms with Gasteiger partial charge < -0.3 is 10.4 Å². The van der Waals surface area contributed by atoms with Gasteiger partial charge in [-0.25, -0.2) is 4.79 Å².